The van der Waals surface area contributed by atoms with Gasteiger partial charge in [-0.25, -0.2) is 4.39 Å². The highest BCUT2D eigenvalue weighted by atomic mass is 19.4. The number of hydrogen-bond acceptors (Lipinski definition) is 5. The topological polar surface area (TPSA) is 82.5 Å². The number of carbonyl (C=O) groups is 2. The standard InChI is InChI=1S/C31H33F4N3O3/c1-4-25(18-5-7-20(8-6-18)31(33,34)35)38-14-13-30(41,29(2,3)17-38)23-10-11-24-22(27(23)32)15-19(16-36-24)21-9-12-26(39)37-28(21)40/h5-8,10-11,15-16,21,25,41H,4,9,12-14,17H2,1-3H3,(H,37,39,40)/t21?,25-,30+/m1/s1. The van der Waals surface area contributed by atoms with Crippen LogP contribution in [0.4, 0.5) is 17.6 Å². The number of fused-ring (bicyclic) bond motifs is 1. The van der Waals surface area contributed by atoms with E-state index in [1.807, 2.05) is 20.8 Å². The molecule has 2 fully saturated rings. The van der Waals surface area contributed by atoms with Gasteiger partial charge in [0.2, 0.25) is 11.8 Å². The van der Waals surface area contributed by atoms with Crippen molar-refractivity contribution in [2.45, 2.75) is 70.2 Å². The van der Waals surface area contributed by atoms with E-state index in [2.05, 4.69) is 15.2 Å². The van der Waals surface area contributed by atoms with E-state index in [9.17, 15) is 27.9 Å². The zero-order chi connectivity index (χ0) is 29.7. The second-order valence-corrected chi connectivity index (χ2v) is 11.8. The SMILES string of the molecule is CC[C@H](c1ccc(C(F)(F)F)cc1)N1CC[C@](O)(c2ccc3ncc(C4CCC(=O)NC4=O)cc3c2F)C(C)(C)C1. The number of halogens is 4. The number of rotatable bonds is 5. The summed E-state index contributed by atoms with van der Waals surface area (Å²) in [5.41, 5.74) is -1.29. The van der Waals surface area contributed by atoms with Gasteiger partial charge in [0, 0.05) is 48.1 Å². The Kier molecular flexibility index (Phi) is 7.44. The zero-order valence-electron chi connectivity index (χ0n) is 23.2. The van der Waals surface area contributed by atoms with Crippen molar-refractivity contribution in [3.8, 4) is 0 Å². The summed E-state index contributed by atoms with van der Waals surface area (Å²) in [6.45, 7) is 6.48. The van der Waals surface area contributed by atoms with Crippen LogP contribution < -0.4 is 5.32 Å². The highest BCUT2D eigenvalue weighted by molar-refractivity contribution is 6.01. The van der Waals surface area contributed by atoms with Crippen molar-refractivity contribution in [3.63, 3.8) is 0 Å². The van der Waals surface area contributed by atoms with E-state index in [1.165, 1.54) is 18.3 Å². The fourth-order valence-corrected chi connectivity index (χ4v) is 6.43. The number of carbonyl (C=O) groups excluding carboxylic acids is 2. The molecule has 2 saturated heterocycles. The molecule has 2 amide bonds. The lowest BCUT2D eigenvalue weighted by atomic mass is 9.66. The van der Waals surface area contributed by atoms with Gasteiger partial charge in [0.25, 0.3) is 0 Å². The maximum Gasteiger partial charge on any atom is 0.416 e. The predicted molar refractivity (Wildman–Crippen MR) is 145 cm³/mol. The molecule has 41 heavy (non-hydrogen) atoms. The lowest BCUT2D eigenvalue weighted by molar-refractivity contribution is -0.138. The van der Waals surface area contributed by atoms with Gasteiger partial charge in [-0.15, -0.1) is 0 Å². The number of nitrogens with one attached hydrogen (secondary N) is 1. The normalized spacial score (nSPS) is 24.3. The van der Waals surface area contributed by atoms with E-state index >= 15 is 4.39 Å². The molecule has 218 valence electrons. The second-order valence-electron chi connectivity index (χ2n) is 11.8. The Hall–Kier alpha value is -3.37. The van der Waals surface area contributed by atoms with Crippen LogP contribution in [0.2, 0.25) is 0 Å². The first-order valence-corrected chi connectivity index (χ1v) is 13.8. The van der Waals surface area contributed by atoms with Crippen LogP contribution in [0.25, 0.3) is 10.9 Å². The van der Waals surface area contributed by atoms with Crippen molar-refractivity contribution in [2.75, 3.05) is 13.1 Å². The first-order chi connectivity index (χ1) is 19.2. The number of hydrogen-bond donors (Lipinski definition) is 2. The van der Waals surface area contributed by atoms with Crippen LogP contribution in [0.5, 0.6) is 0 Å². The first-order valence-electron chi connectivity index (χ1n) is 13.8. The maximum atomic E-state index is 16.2. The van der Waals surface area contributed by atoms with Crippen LogP contribution in [-0.4, -0.2) is 39.9 Å². The van der Waals surface area contributed by atoms with Crippen molar-refractivity contribution < 1.29 is 32.3 Å². The summed E-state index contributed by atoms with van der Waals surface area (Å²) < 4.78 is 55.5. The van der Waals surface area contributed by atoms with E-state index in [1.54, 1.807) is 18.2 Å². The van der Waals surface area contributed by atoms with Gasteiger partial charge in [-0.3, -0.25) is 24.8 Å². The fourth-order valence-electron chi connectivity index (χ4n) is 6.43. The lowest BCUT2D eigenvalue weighted by Crippen LogP contribution is -2.56. The quantitative estimate of drug-likeness (QED) is 0.291. The molecule has 1 unspecified atom stereocenters. The summed E-state index contributed by atoms with van der Waals surface area (Å²) in [4.78, 5) is 30.5. The Morgan fingerprint density at radius 3 is 2.46 bits per heavy atom. The van der Waals surface area contributed by atoms with Crippen molar-refractivity contribution in [2.24, 2.45) is 5.41 Å². The van der Waals surface area contributed by atoms with Crippen LogP contribution in [0, 0.1) is 11.2 Å². The number of aliphatic hydroxyl groups is 1. The van der Waals surface area contributed by atoms with Gasteiger partial charge >= 0.3 is 6.18 Å². The number of likely N-dealkylation sites (tertiary alicyclic amines) is 1. The van der Waals surface area contributed by atoms with E-state index in [4.69, 9.17) is 0 Å². The summed E-state index contributed by atoms with van der Waals surface area (Å²) in [6.07, 6.45) is -1.54. The molecule has 10 heteroatoms. The molecule has 2 aliphatic rings. The number of benzene rings is 2. The third-order valence-electron chi connectivity index (χ3n) is 8.84. The second kappa shape index (κ2) is 10.5. The third-order valence-corrected chi connectivity index (χ3v) is 8.84. The van der Waals surface area contributed by atoms with Gasteiger partial charge in [-0.1, -0.05) is 39.0 Å². The van der Waals surface area contributed by atoms with Crippen LogP contribution in [-0.2, 0) is 21.4 Å². The minimum atomic E-state index is -4.41. The molecule has 0 spiro atoms. The first kappa shape index (κ1) is 29.1. The summed E-state index contributed by atoms with van der Waals surface area (Å²) in [6, 6.07) is 9.80. The van der Waals surface area contributed by atoms with E-state index in [0.717, 1.165) is 17.7 Å². The van der Waals surface area contributed by atoms with Gasteiger partial charge in [0.1, 0.15) is 5.82 Å². The average Bonchev–Trinajstić information content (AvgIpc) is 2.91. The van der Waals surface area contributed by atoms with Gasteiger partial charge in [0.05, 0.1) is 22.6 Å². The van der Waals surface area contributed by atoms with Crippen molar-refractivity contribution in [1.82, 2.24) is 15.2 Å². The van der Waals surface area contributed by atoms with Crippen LogP contribution in [0.1, 0.15) is 80.7 Å². The van der Waals surface area contributed by atoms with Crippen LogP contribution in [0.3, 0.4) is 0 Å². The maximum absolute atomic E-state index is 16.2. The summed E-state index contributed by atoms with van der Waals surface area (Å²) in [5.74, 6) is -2.01. The monoisotopic (exact) mass is 571 g/mol. The molecule has 0 saturated carbocycles. The highest BCUT2D eigenvalue weighted by Gasteiger charge is 2.51. The summed E-state index contributed by atoms with van der Waals surface area (Å²) in [7, 11) is 0. The molecular formula is C31H33F4N3O3. The molecule has 6 nitrogen and oxygen atoms in total. The highest BCUT2D eigenvalue weighted by Crippen LogP contribution is 2.49. The number of imide groups is 1. The van der Waals surface area contributed by atoms with E-state index in [0.29, 0.717) is 37.0 Å². The largest absolute Gasteiger partial charge is 0.416 e. The Morgan fingerprint density at radius 1 is 1.15 bits per heavy atom. The molecule has 2 aromatic carbocycles. The van der Waals surface area contributed by atoms with Gasteiger partial charge < -0.3 is 5.11 Å². The minimum absolute atomic E-state index is 0.138. The predicted octanol–water partition coefficient (Wildman–Crippen LogP) is 5.98. The van der Waals surface area contributed by atoms with Gasteiger partial charge in [-0.05, 0) is 54.7 Å². The molecule has 0 aliphatic carbocycles. The van der Waals surface area contributed by atoms with Crippen LogP contribution in [0.15, 0.2) is 48.7 Å². The number of piperidine rings is 2. The average molecular weight is 572 g/mol. The molecule has 0 radical (unpaired) electrons. The molecule has 0 bridgehead atoms. The van der Waals surface area contributed by atoms with Crippen molar-refractivity contribution in [3.05, 3.63) is 76.7 Å². The summed E-state index contributed by atoms with van der Waals surface area (Å²) in [5, 5.41) is 14.6. The van der Waals surface area contributed by atoms with Crippen molar-refractivity contribution >= 4 is 22.7 Å². The number of nitrogens with zero attached hydrogens (tertiary/aromatic N) is 2. The Morgan fingerprint density at radius 2 is 1.85 bits per heavy atom. The minimum Gasteiger partial charge on any atom is -0.384 e. The third kappa shape index (κ3) is 5.23. The zero-order valence-corrected chi connectivity index (χ0v) is 23.2. The molecule has 1 aromatic heterocycles. The molecule has 3 aromatic rings. The Balaban J connectivity index is 1.44. The van der Waals surface area contributed by atoms with E-state index in [-0.39, 0.29) is 35.7 Å². The Bertz CT molecular complexity index is 1490. The Labute approximate surface area is 235 Å². The van der Waals surface area contributed by atoms with E-state index < -0.39 is 40.4 Å². The number of alkyl halides is 3. The van der Waals surface area contributed by atoms with Gasteiger partial charge in [0.15, 0.2) is 0 Å². The number of pyridine rings is 1. The fraction of sp³-hybridized carbons (Fsp3) is 0.452. The number of aromatic nitrogens is 1. The molecule has 5 rings (SSSR count). The summed E-state index contributed by atoms with van der Waals surface area (Å²) >= 11 is 0. The lowest BCUT2D eigenvalue weighted by Gasteiger charge is -2.52. The van der Waals surface area contributed by atoms with Crippen LogP contribution >= 0.6 is 0 Å². The molecule has 3 heterocycles. The molecular weight excluding hydrogens is 538 g/mol. The molecule has 3 atom stereocenters. The number of amides is 2. The van der Waals surface area contributed by atoms with Gasteiger partial charge in [-0.2, -0.15) is 13.2 Å². The molecule has 2 aliphatic heterocycles. The smallest absolute Gasteiger partial charge is 0.384 e. The van der Waals surface area contributed by atoms with Crippen molar-refractivity contribution in [1.29, 1.82) is 0 Å². The molecule has 2 N–H and O–H groups in total.